The van der Waals surface area contributed by atoms with Crippen LogP contribution in [-0.4, -0.2) is 14.7 Å². The Balaban J connectivity index is 1.90. The zero-order chi connectivity index (χ0) is 14.1. The third kappa shape index (κ3) is 2.47. The number of benzene rings is 1. The van der Waals surface area contributed by atoms with E-state index in [1.165, 1.54) is 22.2 Å². The van der Waals surface area contributed by atoms with Crippen LogP contribution in [0.25, 0.3) is 10.2 Å². The molecule has 0 fully saturated rings. The lowest BCUT2D eigenvalue weighted by Crippen LogP contribution is -2.23. The summed E-state index contributed by atoms with van der Waals surface area (Å²) < 4.78 is 2.04. The van der Waals surface area contributed by atoms with E-state index in [4.69, 9.17) is 11.6 Å². The zero-order valence-electron chi connectivity index (χ0n) is 10.4. The highest BCUT2D eigenvalue weighted by Crippen LogP contribution is 2.18. The highest BCUT2D eigenvalue weighted by molar-refractivity contribution is 7.17. The molecule has 2 aromatic heterocycles. The topological polar surface area (TPSA) is 55.1 Å². The number of rotatable bonds is 3. The van der Waals surface area contributed by atoms with Crippen molar-refractivity contribution in [3.8, 4) is 0 Å². The molecule has 0 radical (unpaired) electrons. The van der Waals surface area contributed by atoms with Gasteiger partial charge in [-0.3, -0.25) is 9.36 Å². The normalized spacial score (nSPS) is 12.7. The lowest BCUT2D eigenvalue weighted by Gasteiger charge is -2.12. The second kappa shape index (κ2) is 5.36. The first-order chi connectivity index (χ1) is 9.65. The lowest BCUT2D eigenvalue weighted by molar-refractivity contribution is 0.155. The van der Waals surface area contributed by atoms with E-state index in [0.29, 0.717) is 20.8 Å². The van der Waals surface area contributed by atoms with Crippen LogP contribution >= 0.6 is 22.9 Å². The quantitative estimate of drug-likeness (QED) is 0.809. The summed E-state index contributed by atoms with van der Waals surface area (Å²) in [5.74, 6) is 0. The molecule has 1 atom stereocenters. The van der Waals surface area contributed by atoms with E-state index in [1.807, 2.05) is 5.38 Å². The van der Waals surface area contributed by atoms with Gasteiger partial charge in [-0.25, -0.2) is 4.98 Å². The largest absolute Gasteiger partial charge is 0.387 e. The molecule has 0 spiro atoms. The summed E-state index contributed by atoms with van der Waals surface area (Å²) in [6, 6.07) is 8.72. The van der Waals surface area contributed by atoms with Crippen molar-refractivity contribution in [2.75, 3.05) is 0 Å². The van der Waals surface area contributed by atoms with Crippen molar-refractivity contribution < 1.29 is 5.11 Å². The van der Waals surface area contributed by atoms with Crippen molar-refractivity contribution in [2.45, 2.75) is 12.6 Å². The van der Waals surface area contributed by atoms with Gasteiger partial charge in [0.15, 0.2) is 0 Å². The van der Waals surface area contributed by atoms with Gasteiger partial charge in [0.1, 0.15) is 4.70 Å². The van der Waals surface area contributed by atoms with Gasteiger partial charge in [-0.2, -0.15) is 0 Å². The van der Waals surface area contributed by atoms with Gasteiger partial charge in [0, 0.05) is 5.02 Å². The minimum absolute atomic E-state index is 0.127. The van der Waals surface area contributed by atoms with Gasteiger partial charge < -0.3 is 5.11 Å². The van der Waals surface area contributed by atoms with Crippen LogP contribution in [0.3, 0.4) is 0 Å². The molecule has 3 aromatic rings. The molecule has 0 aliphatic carbocycles. The maximum atomic E-state index is 12.2. The number of hydrogen-bond acceptors (Lipinski definition) is 4. The van der Waals surface area contributed by atoms with Crippen molar-refractivity contribution in [3.05, 3.63) is 63.0 Å². The molecule has 1 N–H and O–H groups in total. The number of hydrogen-bond donors (Lipinski definition) is 1. The summed E-state index contributed by atoms with van der Waals surface area (Å²) in [4.78, 5) is 16.4. The Morgan fingerprint density at radius 1 is 1.30 bits per heavy atom. The van der Waals surface area contributed by atoms with Crippen LogP contribution in [0, 0.1) is 0 Å². The molecule has 4 nitrogen and oxygen atoms in total. The minimum atomic E-state index is -0.774. The van der Waals surface area contributed by atoms with Crippen molar-refractivity contribution in [1.82, 2.24) is 9.55 Å². The first-order valence-electron chi connectivity index (χ1n) is 6.01. The van der Waals surface area contributed by atoms with Crippen LogP contribution in [0.5, 0.6) is 0 Å². The summed E-state index contributed by atoms with van der Waals surface area (Å²) in [6.45, 7) is 0.168. The van der Waals surface area contributed by atoms with Gasteiger partial charge in [-0.05, 0) is 29.1 Å². The standard InChI is InChI=1S/C14H11ClN2O2S/c15-10-3-1-9(2-4-10)12(18)7-17-8-16-11-5-6-20-13(11)14(17)19/h1-6,8,12,18H,7H2/t12-/m1/s1. The predicted octanol–water partition coefficient (Wildman–Crippen LogP) is 2.85. The predicted molar refractivity (Wildman–Crippen MR) is 80.3 cm³/mol. The zero-order valence-corrected chi connectivity index (χ0v) is 11.9. The van der Waals surface area contributed by atoms with E-state index in [0.717, 1.165) is 0 Å². The van der Waals surface area contributed by atoms with Crippen molar-refractivity contribution >= 4 is 33.2 Å². The SMILES string of the molecule is O=c1c2sccc2ncn1C[C@@H](O)c1ccc(Cl)cc1. The minimum Gasteiger partial charge on any atom is -0.387 e. The second-order valence-corrected chi connectivity index (χ2v) is 5.76. The Morgan fingerprint density at radius 2 is 2.05 bits per heavy atom. The molecular weight excluding hydrogens is 296 g/mol. The monoisotopic (exact) mass is 306 g/mol. The van der Waals surface area contributed by atoms with Gasteiger partial charge in [0.2, 0.25) is 0 Å². The number of halogens is 1. The molecule has 3 rings (SSSR count). The molecule has 0 aliphatic rings. The molecular formula is C14H11ClN2O2S. The first kappa shape index (κ1) is 13.3. The Hall–Kier alpha value is -1.69. The Kier molecular flexibility index (Phi) is 3.56. The molecule has 2 heterocycles. The average Bonchev–Trinajstić information content (AvgIpc) is 2.92. The molecule has 102 valence electrons. The first-order valence-corrected chi connectivity index (χ1v) is 7.27. The van der Waals surface area contributed by atoms with E-state index in [-0.39, 0.29) is 12.1 Å². The van der Waals surface area contributed by atoms with Crippen molar-refractivity contribution in [1.29, 1.82) is 0 Å². The van der Waals surface area contributed by atoms with Crippen LogP contribution < -0.4 is 5.56 Å². The summed E-state index contributed by atoms with van der Waals surface area (Å²) in [6.07, 6.45) is 0.695. The fourth-order valence-electron chi connectivity index (χ4n) is 1.99. The number of aliphatic hydroxyl groups is 1. The van der Waals surface area contributed by atoms with E-state index in [9.17, 15) is 9.90 Å². The Morgan fingerprint density at radius 3 is 2.80 bits per heavy atom. The van der Waals surface area contributed by atoms with E-state index >= 15 is 0 Å². The molecule has 0 unspecified atom stereocenters. The van der Waals surface area contributed by atoms with E-state index < -0.39 is 6.10 Å². The third-order valence-corrected chi connectivity index (χ3v) is 4.20. The number of thiophene rings is 1. The molecule has 0 saturated heterocycles. The van der Waals surface area contributed by atoms with Crippen LogP contribution in [0.4, 0.5) is 0 Å². The number of aromatic nitrogens is 2. The smallest absolute Gasteiger partial charge is 0.271 e. The number of fused-ring (bicyclic) bond motifs is 1. The molecule has 6 heteroatoms. The van der Waals surface area contributed by atoms with Crippen LogP contribution in [-0.2, 0) is 6.54 Å². The van der Waals surface area contributed by atoms with E-state index in [1.54, 1.807) is 30.3 Å². The van der Waals surface area contributed by atoms with Crippen molar-refractivity contribution in [3.63, 3.8) is 0 Å². The second-order valence-electron chi connectivity index (χ2n) is 4.40. The fourth-order valence-corrected chi connectivity index (χ4v) is 2.90. The van der Waals surface area contributed by atoms with E-state index in [2.05, 4.69) is 4.98 Å². The van der Waals surface area contributed by atoms with Gasteiger partial charge in [0.05, 0.1) is 24.5 Å². The molecule has 20 heavy (non-hydrogen) atoms. The highest BCUT2D eigenvalue weighted by atomic mass is 35.5. The third-order valence-electron chi connectivity index (χ3n) is 3.06. The summed E-state index contributed by atoms with van der Waals surface area (Å²) in [5.41, 5.74) is 1.28. The average molecular weight is 307 g/mol. The van der Waals surface area contributed by atoms with Gasteiger partial charge in [0.25, 0.3) is 5.56 Å². The summed E-state index contributed by atoms with van der Waals surface area (Å²) in [5, 5.41) is 12.6. The molecule has 0 amide bonds. The van der Waals surface area contributed by atoms with Crippen LogP contribution in [0.1, 0.15) is 11.7 Å². The van der Waals surface area contributed by atoms with Gasteiger partial charge in [-0.1, -0.05) is 23.7 Å². The Bertz CT molecular complexity index is 795. The molecule has 0 saturated carbocycles. The number of aliphatic hydroxyl groups excluding tert-OH is 1. The molecule has 0 aliphatic heterocycles. The lowest BCUT2D eigenvalue weighted by atomic mass is 10.1. The molecule has 0 bridgehead atoms. The summed E-state index contributed by atoms with van der Waals surface area (Å²) in [7, 11) is 0. The summed E-state index contributed by atoms with van der Waals surface area (Å²) >= 11 is 7.17. The number of nitrogens with zero attached hydrogens (tertiary/aromatic N) is 2. The van der Waals surface area contributed by atoms with Gasteiger partial charge >= 0.3 is 0 Å². The fraction of sp³-hybridized carbons (Fsp3) is 0.143. The molecule has 1 aromatic carbocycles. The van der Waals surface area contributed by atoms with Crippen LogP contribution in [0.15, 0.2) is 46.8 Å². The maximum absolute atomic E-state index is 12.2. The Labute approximate surface area is 123 Å². The van der Waals surface area contributed by atoms with Crippen molar-refractivity contribution in [2.24, 2.45) is 0 Å². The maximum Gasteiger partial charge on any atom is 0.271 e. The van der Waals surface area contributed by atoms with Gasteiger partial charge in [-0.15, -0.1) is 11.3 Å². The highest BCUT2D eigenvalue weighted by Gasteiger charge is 2.11. The van der Waals surface area contributed by atoms with Crippen LogP contribution in [0.2, 0.25) is 5.02 Å².